The Morgan fingerprint density at radius 1 is 0.868 bits per heavy atom. The van der Waals surface area contributed by atoms with E-state index >= 15 is 0 Å². The number of hydrogen-bond acceptors (Lipinski definition) is 2. The molecule has 1 aliphatic rings. The number of benzene rings is 3. The van der Waals surface area contributed by atoms with E-state index < -0.39 is 5.97 Å². The van der Waals surface area contributed by atoms with E-state index in [0.717, 1.165) is 35.1 Å². The molecule has 0 N–H and O–H groups in total. The summed E-state index contributed by atoms with van der Waals surface area (Å²) in [4.78, 5) is 8.89. The number of carbonyl (C=O) groups excluding carboxylic acids is 1. The van der Waals surface area contributed by atoms with E-state index in [4.69, 9.17) is 21.5 Å². The quantitative estimate of drug-likeness (QED) is 0.265. The van der Waals surface area contributed by atoms with Crippen molar-refractivity contribution < 1.29 is 14.4 Å². The summed E-state index contributed by atoms with van der Waals surface area (Å²) in [6.45, 7) is 7.50. The zero-order chi connectivity index (χ0) is 27.3. The molecule has 4 nitrogen and oxygen atoms in total. The highest BCUT2D eigenvalue weighted by Gasteiger charge is 2.26. The van der Waals surface area contributed by atoms with Gasteiger partial charge in [0.1, 0.15) is 12.4 Å². The predicted octanol–water partition coefficient (Wildman–Crippen LogP) is 6.95. The zero-order valence-corrected chi connectivity index (χ0v) is 23.1. The highest BCUT2D eigenvalue weighted by atomic mass is 35.5. The molecule has 5 heteroatoms. The molecule has 0 saturated carbocycles. The first-order valence-corrected chi connectivity index (χ1v) is 13.2. The van der Waals surface area contributed by atoms with E-state index in [1.165, 1.54) is 38.9 Å². The third kappa shape index (κ3) is 5.38. The standard InChI is InChI=1S/C31H30ClN2.C2H4O2/c1-4-34(5-2)21-19-23(20-22-34)29(25-15-9-11-17-27(25)32)30-26-16-10-12-18-28(26)33(3)31(30)24-13-7-6-8-14-24;1-2(3)4/h6-22H,4-5H2,1-3H3;1H3,(H,3,4)/q+1;/p-1. The minimum absolute atomic E-state index is 0.760. The van der Waals surface area contributed by atoms with Crippen LogP contribution in [-0.2, 0) is 11.8 Å². The average molecular weight is 525 g/mol. The number of carboxylic acid groups (broad SMARTS) is 1. The van der Waals surface area contributed by atoms with Crippen molar-refractivity contribution in [2.24, 2.45) is 7.05 Å². The van der Waals surface area contributed by atoms with Crippen LogP contribution in [-0.4, -0.2) is 28.1 Å². The smallest absolute Gasteiger partial charge is 0.101 e. The first kappa shape index (κ1) is 27.2. The van der Waals surface area contributed by atoms with Crippen LogP contribution in [0.15, 0.2) is 109 Å². The topological polar surface area (TPSA) is 45.1 Å². The Morgan fingerprint density at radius 3 is 2.03 bits per heavy atom. The van der Waals surface area contributed by atoms with Gasteiger partial charge in [-0.1, -0.05) is 78.3 Å². The number of aryl methyl sites for hydroxylation is 1. The van der Waals surface area contributed by atoms with E-state index in [1.807, 2.05) is 12.1 Å². The number of aromatic nitrogens is 1. The molecule has 0 atom stereocenters. The number of quaternary nitrogens is 1. The normalized spacial score (nSPS) is 13.8. The van der Waals surface area contributed by atoms with Gasteiger partial charge in [-0.25, -0.2) is 0 Å². The molecule has 0 aliphatic carbocycles. The molecule has 0 spiro atoms. The van der Waals surface area contributed by atoms with Crippen molar-refractivity contribution in [1.29, 1.82) is 0 Å². The lowest BCUT2D eigenvalue weighted by Gasteiger charge is -2.30. The van der Waals surface area contributed by atoms with Crippen LogP contribution in [0.1, 0.15) is 31.9 Å². The predicted molar refractivity (Wildman–Crippen MR) is 156 cm³/mol. The van der Waals surface area contributed by atoms with Gasteiger partial charge in [0.15, 0.2) is 0 Å². The van der Waals surface area contributed by atoms with Gasteiger partial charge in [0.05, 0.1) is 18.8 Å². The Labute approximate surface area is 230 Å². The summed E-state index contributed by atoms with van der Waals surface area (Å²) in [5.74, 6) is -1.08. The average Bonchev–Trinajstić information content (AvgIpc) is 3.22. The van der Waals surface area contributed by atoms with Crippen molar-refractivity contribution >= 4 is 34.0 Å². The number of carbonyl (C=O) groups is 1. The van der Waals surface area contributed by atoms with Crippen LogP contribution in [0, 0.1) is 0 Å². The molecule has 1 aliphatic heterocycles. The molecule has 5 rings (SSSR count). The summed E-state index contributed by atoms with van der Waals surface area (Å²) < 4.78 is 3.16. The number of halogens is 1. The number of rotatable bonds is 5. The van der Waals surface area contributed by atoms with Crippen LogP contribution < -0.4 is 5.11 Å². The summed E-state index contributed by atoms with van der Waals surface area (Å²) in [5.41, 5.74) is 8.21. The number of carboxylic acids is 1. The second-order valence-corrected chi connectivity index (χ2v) is 9.74. The number of hydrogen-bond donors (Lipinski definition) is 0. The Hall–Kier alpha value is -3.86. The molecule has 194 valence electrons. The van der Waals surface area contributed by atoms with Crippen molar-refractivity contribution in [2.45, 2.75) is 20.8 Å². The SMILES string of the molecule is CC(=O)[O-].CC[N+]1(CC)C=CC(=C(c2ccccc2Cl)c2c(-c3ccccc3)n(C)c3ccccc23)C=C1. The largest absolute Gasteiger partial charge is 0.550 e. The van der Waals surface area contributed by atoms with Gasteiger partial charge in [-0.3, -0.25) is 4.48 Å². The van der Waals surface area contributed by atoms with E-state index in [-0.39, 0.29) is 0 Å². The summed E-state index contributed by atoms with van der Waals surface area (Å²) in [5, 5.41) is 10.9. The Morgan fingerprint density at radius 2 is 1.42 bits per heavy atom. The molecule has 38 heavy (non-hydrogen) atoms. The minimum atomic E-state index is -1.08. The van der Waals surface area contributed by atoms with E-state index in [2.05, 4.69) is 117 Å². The molecule has 1 aromatic heterocycles. The van der Waals surface area contributed by atoms with Crippen LogP contribution in [0.25, 0.3) is 27.7 Å². The van der Waals surface area contributed by atoms with Crippen LogP contribution >= 0.6 is 11.6 Å². The maximum absolute atomic E-state index is 8.89. The number of aliphatic carboxylic acids is 1. The van der Waals surface area contributed by atoms with Crippen molar-refractivity contribution in [3.8, 4) is 11.3 Å². The fourth-order valence-electron chi connectivity index (χ4n) is 5.05. The molecule has 0 unspecified atom stereocenters. The van der Waals surface area contributed by atoms with E-state index in [1.54, 1.807) is 0 Å². The van der Waals surface area contributed by atoms with Gasteiger partial charge in [0, 0.05) is 45.6 Å². The molecule has 0 bridgehead atoms. The molecular formula is C33H33ClN2O2. The molecular weight excluding hydrogens is 492 g/mol. The summed E-state index contributed by atoms with van der Waals surface area (Å²) >= 11 is 6.86. The fourth-order valence-corrected chi connectivity index (χ4v) is 5.28. The second kappa shape index (κ2) is 11.7. The number of nitrogens with zero attached hydrogens (tertiary/aromatic N) is 2. The molecule has 0 saturated heterocycles. The molecule has 2 heterocycles. The van der Waals surface area contributed by atoms with Crippen LogP contribution in [0.2, 0.25) is 5.02 Å². The summed E-state index contributed by atoms with van der Waals surface area (Å²) in [7, 11) is 2.16. The monoisotopic (exact) mass is 524 g/mol. The van der Waals surface area contributed by atoms with Crippen LogP contribution in [0.3, 0.4) is 0 Å². The Kier molecular flexibility index (Phi) is 8.35. The van der Waals surface area contributed by atoms with Gasteiger partial charge in [-0.15, -0.1) is 0 Å². The molecule has 4 aromatic rings. The number of fused-ring (bicyclic) bond motifs is 1. The third-order valence-corrected chi connectivity index (χ3v) is 7.45. The highest BCUT2D eigenvalue weighted by molar-refractivity contribution is 6.33. The zero-order valence-electron chi connectivity index (χ0n) is 22.3. The first-order valence-electron chi connectivity index (χ1n) is 12.9. The van der Waals surface area contributed by atoms with Crippen LogP contribution in [0.4, 0.5) is 0 Å². The number of para-hydroxylation sites is 1. The molecule has 3 aromatic carbocycles. The lowest BCUT2D eigenvalue weighted by atomic mass is 9.88. The fraction of sp³-hybridized carbons (Fsp3) is 0.182. The molecule has 0 radical (unpaired) electrons. The Bertz CT molecular complexity index is 1520. The van der Waals surface area contributed by atoms with Gasteiger partial charge in [0.25, 0.3) is 0 Å². The second-order valence-electron chi connectivity index (χ2n) is 9.33. The minimum Gasteiger partial charge on any atom is -0.550 e. The van der Waals surface area contributed by atoms with Crippen molar-refractivity contribution in [3.05, 3.63) is 125 Å². The van der Waals surface area contributed by atoms with Crippen molar-refractivity contribution in [3.63, 3.8) is 0 Å². The van der Waals surface area contributed by atoms with Crippen molar-refractivity contribution in [1.82, 2.24) is 4.57 Å². The third-order valence-electron chi connectivity index (χ3n) is 7.12. The Balaban J connectivity index is 0.000000786. The first-order chi connectivity index (χ1) is 18.3. The van der Waals surface area contributed by atoms with Gasteiger partial charge in [-0.2, -0.15) is 0 Å². The lowest BCUT2D eigenvalue weighted by Crippen LogP contribution is -2.37. The van der Waals surface area contributed by atoms with Crippen LogP contribution in [0.5, 0.6) is 0 Å². The molecule has 0 fully saturated rings. The summed E-state index contributed by atoms with van der Waals surface area (Å²) in [6, 6.07) is 27.5. The maximum Gasteiger partial charge on any atom is 0.101 e. The van der Waals surface area contributed by atoms with E-state index in [9.17, 15) is 0 Å². The van der Waals surface area contributed by atoms with Gasteiger partial charge in [0.2, 0.25) is 0 Å². The number of allylic oxidation sites excluding steroid dienone is 3. The lowest BCUT2D eigenvalue weighted by molar-refractivity contribution is -0.824. The van der Waals surface area contributed by atoms with Crippen molar-refractivity contribution in [2.75, 3.05) is 13.1 Å². The van der Waals surface area contributed by atoms with Gasteiger partial charge < -0.3 is 14.5 Å². The summed E-state index contributed by atoms with van der Waals surface area (Å²) in [6.07, 6.45) is 9.20. The maximum atomic E-state index is 8.89. The molecule has 0 amide bonds. The van der Waals surface area contributed by atoms with Gasteiger partial charge in [-0.05, 0) is 56.2 Å². The van der Waals surface area contributed by atoms with Gasteiger partial charge >= 0.3 is 0 Å². The van der Waals surface area contributed by atoms with E-state index in [0.29, 0.717) is 0 Å². The highest BCUT2D eigenvalue weighted by Crippen LogP contribution is 2.44.